The van der Waals surface area contributed by atoms with Crippen molar-refractivity contribution >= 4 is 17.7 Å². The maximum atomic E-state index is 10.7. The number of ether oxygens (including phenoxy) is 1. The Kier molecular flexibility index (Phi) is 9.01. The van der Waals surface area contributed by atoms with Gasteiger partial charge in [-0.25, -0.2) is 4.79 Å². The average molecular weight is 494 g/mol. The van der Waals surface area contributed by atoms with Crippen LogP contribution in [-0.4, -0.2) is 46.4 Å². The van der Waals surface area contributed by atoms with Crippen molar-refractivity contribution in [3.8, 4) is 22.4 Å². The van der Waals surface area contributed by atoms with Crippen molar-refractivity contribution in [3.05, 3.63) is 60.2 Å². The standard InChI is InChI=1S/C28H35N3O3S/c1-20-7-13-24(14-8-20)27-26(23-5-3-2-4-6-23)28(35-16-15-29)31(30-27)17-21-9-11-22(12-10-21)18-34-19-25(32)33/h2-8,13-14,21-22H,9-12,15-19,29H2,1H3,(H,32,33). The molecule has 0 saturated heterocycles. The Labute approximate surface area is 211 Å². The van der Waals surface area contributed by atoms with Gasteiger partial charge in [-0.05, 0) is 50.0 Å². The Balaban J connectivity index is 1.59. The number of carboxylic acid groups (broad SMARTS) is 1. The molecule has 0 atom stereocenters. The second-order valence-corrected chi connectivity index (χ2v) is 10.5. The van der Waals surface area contributed by atoms with E-state index in [2.05, 4.69) is 60.1 Å². The first-order chi connectivity index (χ1) is 17.0. The molecule has 4 rings (SSSR count). The summed E-state index contributed by atoms with van der Waals surface area (Å²) in [6, 6.07) is 19.1. The fourth-order valence-corrected chi connectivity index (χ4v) is 5.72. The number of aliphatic carboxylic acids is 1. The van der Waals surface area contributed by atoms with Gasteiger partial charge in [-0.3, -0.25) is 4.68 Å². The summed E-state index contributed by atoms with van der Waals surface area (Å²) < 4.78 is 7.56. The van der Waals surface area contributed by atoms with Crippen LogP contribution in [0.25, 0.3) is 22.4 Å². The summed E-state index contributed by atoms with van der Waals surface area (Å²) in [5, 5.41) is 15.2. The minimum atomic E-state index is -0.904. The second kappa shape index (κ2) is 12.4. The first-order valence-corrected chi connectivity index (χ1v) is 13.4. The monoisotopic (exact) mass is 493 g/mol. The maximum Gasteiger partial charge on any atom is 0.329 e. The zero-order chi connectivity index (χ0) is 24.6. The van der Waals surface area contributed by atoms with Crippen LogP contribution in [0.5, 0.6) is 0 Å². The molecule has 0 radical (unpaired) electrons. The highest BCUT2D eigenvalue weighted by molar-refractivity contribution is 7.99. The third kappa shape index (κ3) is 6.75. The molecular weight excluding hydrogens is 458 g/mol. The van der Waals surface area contributed by atoms with E-state index in [-0.39, 0.29) is 6.61 Å². The van der Waals surface area contributed by atoms with Crippen molar-refractivity contribution in [3.63, 3.8) is 0 Å². The first kappa shape index (κ1) is 25.5. The predicted molar refractivity (Wildman–Crippen MR) is 142 cm³/mol. The first-order valence-electron chi connectivity index (χ1n) is 12.4. The normalized spacial score (nSPS) is 18.0. The molecular formula is C28H35N3O3S. The zero-order valence-corrected chi connectivity index (χ0v) is 21.2. The van der Waals surface area contributed by atoms with Crippen LogP contribution in [0.15, 0.2) is 59.6 Å². The molecule has 1 saturated carbocycles. The van der Waals surface area contributed by atoms with Crippen LogP contribution in [0.4, 0.5) is 0 Å². The van der Waals surface area contributed by atoms with Crippen molar-refractivity contribution in [2.75, 3.05) is 25.5 Å². The van der Waals surface area contributed by atoms with E-state index in [4.69, 9.17) is 20.7 Å². The third-order valence-electron chi connectivity index (χ3n) is 6.63. The van der Waals surface area contributed by atoms with Gasteiger partial charge in [-0.2, -0.15) is 5.10 Å². The van der Waals surface area contributed by atoms with Crippen molar-refractivity contribution in [1.29, 1.82) is 0 Å². The van der Waals surface area contributed by atoms with E-state index in [1.54, 1.807) is 11.8 Å². The molecule has 0 unspecified atom stereocenters. The highest BCUT2D eigenvalue weighted by Gasteiger charge is 2.26. The highest BCUT2D eigenvalue weighted by atomic mass is 32.2. The number of hydrogen-bond donors (Lipinski definition) is 2. The van der Waals surface area contributed by atoms with Gasteiger partial charge in [0.25, 0.3) is 0 Å². The minimum Gasteiger partial charge on any atom is -0.480 e. The molecule has 35 heavy (non-hydrogen) atoms. The average Bonchev–Trinajstić information content (AvgIpc) is 3.22. The number of carbonyl (C=O) groups is 1. The molecule has 1 fully saturated rings. The molecule has 7 heteroatoms. The van der Waals surface area contributed by atoms with E-state index in [0.29, 0.717) is 25.0 Å². The summed E-state index contributed by atoms with van der Waals surface area (Å²) in [6.45, 7) is 3.92. The lowest BCUT2D eigenvalue weighted by atomic mass is 9.82. The van der Waals surface area contributed by atoms with Gasteiger partial charge in [0.2, 0.25) is 0 Å². The minimum absolute atomic E-state index is 0.209. The molecule has 186 valence electrons. The summed E-state index contributed by atoms with van der Waals surface area (Å²) in [6.07, 6.45) is 4.32. The van der Waals surface area contributed by atoms with Gasteiger partial charge in [0.15, 0.2) is 0 Å². The number of nitrogens with two attached hydrogens (primary N) is 1. The third-order valence-corrected chi connectivity index (χ3v) is 7.75. The second-order valence-electron chi connectivity index (χ2n) is 9.38. The number of aryl methyl sites for hydroxylation is 1. The number of benzene rings is 2. The van der Waals surface area contributed by atoms with E-state index in [1.165, 1.54) is 21.7 Å². The molecule has 3 aromatic rings. The molecule has 1 aromatic heterocycles. The van der Waals surface area contributed by atoms with Gasteiger partial charge in [0.05, 0.1) is 6.61 Å². The number of nitrogens with zero attached hydrogens (tertiary/aromatic N) is 2. The Bertz CT molecular complexity index is 1090. The Hall–Kier alpha value is -2.61. The van der Waals surface area contributed by atoms with Gasteiger partial charge < -0.3 is 15.6 Å². The van der Waals surface area contributed by atoms with Crippen LogP contribution in [0, 0.1) is 18.8 Å². The van der Waals surface area contributed by atoms with Gasteiger partial charge in [0, 0.05) is 30.0 Å². The molecule has 1 aliphatic carbocycles. The summed E-state index contributed by atoms with van der Waals surface area (Å²) >= 11 is 1.79. The summed E-state index contributed by atoms with van der Waals surface area (Å²) in [5.74, 6) is 0.917. The lowest BCUT2D eigenvalue weighted by Crippen LogP contribution is -2.23. The van der Waals surface area contributed by atoms with Crippen LogP contribution < -0.4 is 5.73 Å². The molecule has 0 amide bonds. The molecule has 0 spiro atoms. The molecule has 0 bridgehead atoms. The van der Waals surface area contributed by atoms with E-state index < -0.39 is 5.97 Å². The number of aromatic nitrogens is 2. The Morgan fingerprint density at radius 1 is 1.06 bits per heavy atom. The van der Waals surface area contributed by atoms with Crippen molar-refractivity contribution in [2.45, 2.75) is 44.2 Å². The summed E-state index contributed by atoms with van der Waals surface area (Å²) in [5.41, 5.74) is 11.6. The zero-order valence-electron chi connectivity index (χ0n) is 20.4. The van der Waals surface area contributed by atoms with E-state index in [1.807, 2.05) is 6.07 Å². The molecule has 0 aliphatic heterocycles. The topological polar surface area (TPSA) is 90.4 Å². The van der Waals surface area contributed by atoms with Crippen LogP contribution in [-0.2, 0) is 16.1 Å². The van der Waals surface area contributed by atoms with Crippen molar-refractivity contribution in [1.82, 2.24) is 9.78 Å². The maximum absolute atomic E-state index is 10.7. The van der Waals surface area contributed by atoms with Gasteiger partial charge in [-0.1, -0.05) is 60.2 Å². The predicted octanol–water partition coefficient (Wildman–Crippen LogP) is 5.48. The fraction of sp³-hybridized carbons (Fsp3) is 0.429. The molecule has 1 aliphatic rings. The number of hydrogen-bond acceptors (Lipinski definition) is 5. The van der Waals surface area contributed by atoms with Crippen LogP contribution in [0.3, 0.4) is 0 Å². The molecule has 1 heterocycles. The smallest absolute Gasteiger partial charge is 0.329 e. The largest absolute Gasteiger partial charge is 0.480 e. The molecule has 3 N–H and O–H groups in total. The van der Waals surface area contributed by atoms with Crippen molar-refractivity contribution in [2.24, 2.45) is 17.6 Å². The summed E-state index contributed by atoms with van der Waals surface area (Å²) in [4.78, 5) is 10.7. The van der Waals surface area contributed by atoms with Gasteiger partial charge in [0.1, 0.15) is 17.3 Å². The fourth-order valence-electron chi connectivity index (χ4n) is 4.79. The van der Waals surface area contributed by atoms with Crippen LogP contribution in [0.1, 0.15) is 31.2 Å². The Morgan fingerprint density at radius 2 is 1.74 bits per heavy atom. The molecule has 6 nitrogen and oxygen atoms in total. The SMILES string of the molecule is Cc1ccc(-c2nn(CC3CCC(COCC(=O)O)CC3)c(SCCN)c2-c2ccccc2)cc1. The lowest BCUT2D eigenvalue weighted by Gasteiger charge is -2.28. The van der Waals surface area contributed by atoms with E-state index in [9.17, 15) is 4.79 Å². The Morgan fingerprint density at radius 3 is 2.40 bits per heavy atom. The molecule has 2 aromatic carbocycles. The number of thioether (sulfide) groups is 1. The van der Waals surface area contributed by atoms with Crippen LogP contribution in [0.2, 0.25) is 0 Å². The van der Waals surface area contributed by atoms with Crippen LogP contribution >= 0.6 is 11.8 Å². The summed E-state index contributed by atoms with van der Waals surface area (Å²) in [7, 11) is 0. The quantitative estimate of drug-likeness (QED) is 0.344. The van der Waals surface area contributed by atoms with E-state index in [0.717, 1.165) is 49.2 Å². The van der Waals surface area contributed by atoms with Gasteiger partial charge >= 0.3 is 5.97 Å². The lowest BCUT2D eigenvalue weighted by molar-refractivity contribution is -0.142. The highest BCUT2D eigenvalue weighted by Crippen LogP contribution is 2.41. The number of rotatable bonds is 11. The van der Waals surface area contributed by atoms with Gasteiger partial charge in [-0.15, -0.1) is 11.8 Å². The number of carboxylic acids is 1. The van der Waals surface area contributed by atoms with Crippen molar-refractivity contribution < 1.29 is 14.6 Å². The van der Waals surface area contributed by atoms with E-state index >= 15 is 0 Å².